The molecule has 1 unspecified atom stereocenters. The predicted octanol–water partition coefficient (Wildman–Crippen LogP) is 1.04. The van der Waals surface area contributed by atoms with E-state index >= 15 is 0 Å². The van der Waals surface area contributed by atoms with E-state index in [1.54, 1.807) is 17.1 Å². The van der Waals surface area contributed by atoms with Crippen molar-refractivity contribution in [2.45, 2.75) is 25.8 Å². The summed E-state index contributed by atoms with van der Waals surface area (Å²) in [6, 6.07) is 5.65. The zero-order chi connectivity index (χ0) is 14.8. The molecule has 0 bridgehead atoms. The van der Waals surface area contributed by atoms with Gasteiger partial charge in [-0.2, -0.15) is 5.10 Å². The fourth-order valence-corrected chi connectivity index (χ4v) is 2.51. The van der Waals surface area contributed by atoms with Crippen molar-refractivity contribution in [1.29, 1.82) is 0 Å². The Bertz CT molecular complexity index is 634. The Labute approximate surface area is 123 Å². The number of benzene rings is 1. The molecular formula is C15H19N5O. The zero-order valence-corrected chi connectivity index (χ0v) is 12.0. The summed E-state index contributed by atoms with van der Waals surface area (Å²) in [7, 11) is 0. The number of hydrogen-bond acceptors (Lipinski definition) is 4. The van der Waals surface area contributed by atoms with Gasteiger partial charge in [-0.1, -0.05) is 0 Å². The van der Waals surface area contributed by atoms with Crippen molar-refractivity contribution >= 4 is 5.91 Å². The fraction of sp³-hybridized carbons (Fsp3) is 0.400. The van der Waals surface area contributed by atoms with Gasteiger partial charge >= 0.3 is 0 Å². The molecule has 1 aromatic carbocycles. The van der Waals surface area contributed by atoms with Crippen molar-refractivity contribution in [3.05, 3.63) is 42.0 Å². The Kier molecular flexibility index (Phi) is 3.70. The average Bonchev–Trinajstić information content (AvgIpc) is 3.19. The highest BCUT2D eigenvalue weighted by molar-refractivity contribution is 5.94. The summed E-state index contributed by atoms with van der Waals surface area (Å²) in [5.74, 6) is 0.486. The maximum atomic E-state index is 12.3. The summed E-state index contributed by atoms with van der Waals surface area (Å²) in [5.41, 5.74) is 8.27. The first-order chi connectivity index (χ1) is 10.2. The topological polar surface area (TPSA) is 85.8 Å². The lowest BCUT2D eigenvalue weighted by Gasteiger charge is -2.16. The smallest absolute Gasteiger partial charge is 0.251 e. The minimum Gasteiger partial charge on any atom is -0.348 e. The van der Waals surface area contributed by atoms with Crippen molar-refractivity contribution < 1.29 is 4.79 Å². The van der Waals surface area contributed by atoms with E-state index in [1.165, 1.54) is 6.33 Å². The van der Waals surface area contributed by atoms with Crippen LogP contribution < -0.4 is 11.1 Å². The summed E-state index contributed by atoms with van der Waals surface area (Å²) < 4.78 is 1.68. The summed E-state index contributed by atoms with van der Waals surface area (Å²) in [5, 5.41) is 7.13. The molecule has 6 nitrogen and oxygen atoms in total. The highest BCUT2D eigenvalue weighted by atomic mass is 16.1. The zero-order valence-electron chi connectivity index (χ0n) is 12.0. The molecule has 3 N–H and O–H groups in total. The number of rotatable bonds is 5. The van der Waals surface area contributed by atoms with Crippen molar-refractivity contribution in [2.75, 3.05) is 6.54 Å². The van der Waals surface area contributed by atoms with E-state index in [4.69, 9.17) is 5.73 Å². The van der Waals surface area contributed by atoms with Crippen LogP contribution in [0.5, 0.6) is 0 Å². The summed E-state index contributed by atoms with van der Waals surface area (Å²) >= 11 is 0. The Morgan fingerprint density at radius 2 is 2.33 bits per heavy atom. The molecule has 0 spiro atoms. The highest BCUT2D eigenvalue weighted by Gasteiger charge is 2.31. The lowest BCUT2D eigenvalue weighted by molar-refractivity contribution is 0.0933. The van der Waals surface area contributed by atoms with Gasteiger partial charge in [0, 0.05) is 18.2 Å². The minimum atomic E-state index is -0.0643. The van der Waals surface area contributed by atoms with Crippen LogP contribution in [0.25, 0.3) is 5.69 Å². The lowest BCUT2D eigenvalue weighted by atomic mass is 10.1. The Morgan fingerprint density at radius 3 is 2.90 bits per heavy atom. The molecule has 1 aromatic heterocycles. The fourth-order valence-electron chi connectivity index (χ4n) is 2.51. The largest absolute Gasteiger partial charge is 0.348 e. The van der Waals surface area contributed by atoms with Crippen molar-refractivity contribution in [3.8, 4) is 5.69 Å². The standard InChI is InChI=1S/C15H19N5O/c1-10-6-12(4-5-14(10)20-9-17-8-18-20)15(21)19-13(7-16)11-2-3-11/h4-6,8-9,11,13H,2-3,7,16H2,1H3,(H,19,21). The number of nitrogens with two attached hydrogens (primary N) is 1. The maximum absolute atomic E-state index is 12.3. The summed E-state index contributed by atoms with van der Waals surface area (Å²) in [6.07, 6.45) is 5.44. The van der Waals surface area contributed by atoms with Crippen LogP contribution in [-0.4, -0.2) is 33.3 Å². The molecular weight excluding hydrogens is 266 g/mol. The summed E-state index contributed by atoms with van der Waals surface area (Å²) in [6.45, 7) is 2.45. The van der Waals surface area contributed by atoms with Gasteiger partial charge in [0.05, 0.1) is 5.69 Å². The third-order valence-corrected chi connectivity index (χ3v) is 3.89. The van der Waals surface area contributed by atoms with Gasteiger partial charge < -0.3 is 11.1 Å². The number of nitrogens with one attached hydrogen (secondary N) is 1. The van der Waals surface area contributed by atoms with E-state index in [-0.39, 0.29) is 11.9 Å². The molecule has 21 heavy (non-hydrogen) atoms. The normalized spacial score (nSPS) is 15.7. The van der Waals surface area contributed by atoms with Crippen LogP contribution in [0, 0.1) is 12.8 Å². The van der Waals surface area contributed by atoms with E-state index in [0.29, 0.717) is 18.0 Å². The summed E-state index contributed by atoms with van der Waals surface area (Å²) in [4.78, 5) is 16.2. The predicted molar refractivity (Wildman–Crippen MR) is 79.1 cm³/mol. The van der Waals surface area contributed by atoms with E-state index < -0.39 is 0 Å². The van der Waals surface area contributed by atoms with Gasteiger partial charge in [0.25, 0.3) is 5.91 Å². The Hall–Kier alpha value is -2.21. The van der Waals surface area contributed by atoms with Crippen LogP contribution in [-0.2, 0) is 0 Å². The number of hydrogen-bond donors (Lipinski definition) is 2. The molecule has 1 fully saturated rings. The van der Waals surface area contributed by atoms with Gasteiger partial charge in [0.2, 0.25) is 0 Å². The first-order valence-corrected chi connectivity index (χ1v) is 7.15. The monoisotopic (exact) mass is 285 g/mol. The molecule has 0 radical (unpaired) electrons. The minimum absolute atomic E-state index is 0.0643. The van der Waals surface area contributed by atoms with Gasteiger partial charge in [-0.3, -0.25) is 4.79 Å². The third kappa shape index (κ3) is 2.95. The number of aryl methyl sites for hydroxylation is 1. The molecule has 1 amide bonds. The van der Waals surface area contributed by atoms with Gasteiger partial charge in [0.15, 0.2) is 0 Å². The number of nitrogens with zero attached hydrogens (tertiary/aromatic N) is 3. The van der Waals surface area contributed by atoms with E-state index in [1.807, 2.05) is 19.1 Å². The van der Waals surface area contributed by atoms with Crippen LogP contribution in [0.15, 0.2) is 30.9 Å². The molecule has 1 heterocycles. The van der Waals surface area contributed by atoms with Crippen LogP contribution in [0.1, 0.15) is 28.8 Å². The van der Waals surface area contributed by atoms with Crippen LogP contribution >= 0.6 is 0 Å². The van der Waals surface area contributed by atoms with Gasteiger partial charge in [0.1, 0.15) is 12.7 Å². The molecule has 1 aliphatic carbocycles. The lowest BCUT2D eigenvalue weighted by Crippen LogP contribution is -2.41. The highest BCUT2D eigenvalue weighted by Crippen LogP contribution is 2.32. The van der Waals surface area contributed by atoms with E-state index in [0.717, 1.165) is 24.1 Å². The SMILES string of the molecule is Cc1cc(C(=O)NC(CN)C2CC2)ccc1-n1cncn1. The average molecular weight is 285 g/mol. The molecule has 0 saturated heterocycles. The van der Waals surface area contributed by atoms with Crippen LogP contribution in [0.4, 0.5) is 0 Å². The molecule has 3 rings (SSSR count). The molecule has 1 aliphatic rings. The second kappa shape index (κ2) is 5.65. The third-order valence-electron chi connectivity index (χ3n) is 3.89. The molecule has 1 saturated carbocycles. The van der Waals surface area contributed by atoms with Crippen LogP contribution in [0.3, 0.4) is 0 Å². The van der Waals surface area contributed by atoms with E-state index in [2.05, 4.69) is 15.4 Å². The second-order valence-electron chi connectivity index (χ2n) is 5.49. The van der Waals surface area contributed by atoms with Gasteiger partial charge in [-0.15, -0.1) is 0 Å². The van der Waals surface area contributed by atoms with Gasteiger partial charge in [-0.25, -0.2) is 9.67 Å². The molecule has 1 atom stereocenters. The number of carbonyl (C=O) groups is 1. The molecule has 0 aliphatic heterocycles. The quantitative estimate of drug-likeness (QED) is 0.859. The second-order valence-corrected chi connectivity index (χ2v) is 5.49. The number of amides is 1. The Morgan fingerprint density at radius 1 is 1.52 bits per heavy atom. The Balaban J connectivity index is 1.76. The van der Waals surface area contributed by atoms with E-state index in [9.17, 15) is 4.79 Å². The first kappa shape index (κ1) is 13.8. The number of carbonyl (C=O) groups excluding carboxylic acids is 1. The maximum Gasteiger partial charge on any atom is 0.251 e. The first-order valence-electron chi connectivity index (χ1n) is 7.15. The molecule has 110 valence electrons. The van der Waals surface area contributed by atoms with Crippen LogP contribution in [0.2, 0.25) is 0 Å². The number of aromatic nitrogens is 3. The van der Waals surface area contributed by atoms with Gasteiger partial charge in [-0.05, 0) is 49.4 Å². The molecule has 6 heteroatoms. The van der Waals surface area contributed by atoms with Crippen molar-refractivity contribution in [1.82, 2.24) is 20.1 Å². The van der Waals surface area contributed by atoms with Crippen molar-refractivity contribution in [2.24, 2.45) is 11.7 Å². The van der Waals surface area contributed by atoms with Crippen molar-refractivity contribution in [3.63, 3.8) is 0 Å². The molecule has 2 aromatic rings.